The van der Waals surface area contributed by atoms with Gasteiger partial charge in [0.05, 0.1) is 5.60 Å². The maximum absolute atomic E-state index is 9.55. The van der Waals surface area contributed by atoms with Crippen LogP contribution in [0.3, 0.4) is 0 Å². The van der Waals surface area contributed by atoms with Crippen molar-refractivity contribution in [1.29, 1.82) is 0 Å². The highest BCUT2D eigenvalue weighted by Crippen LogP contribution is 2.23. The van der Waals surface area contributed by atoms with Crippen LogP contribution in [0.25, 0.3) is 0 Å². The van der Waals surface area contributed by atoms with Crippen LogP contribution in [-0.4, -0.2) is 27.2 Å². The van der Waals surface area contributed by atoms with Gasteiger partial charge in [-0.25, -0.2) is 4.98 Å². The minimum absolute atomic E-state index is 0.0246. The number of aliphatic hydroxyl groups is 1. The molecule has 16 heavy (non-hydrogen) atoms. The van der Waals surface area contributed by atoms with Gasteiger partial charge in [-0.2, -0.15) is 0 Å². The first-order valence-corrected chi connectivity index (χ1v) is 5.83. The molecule has 1 heterocycles. The highest BCUT2D eigenvalue weighted by atomic mass is 127. The van der Waals surface area contributed by atoms with Crippen molar-refractivity contribution in [3.8, 4) is 5.75 Å². The molecule has 0 amide bonds. The second-order valence-electron chi connectivity index (χ2n) is 4.25. The smallest absolute Gasteiger partial charge is 0.237 e. The molecule has 1 unspecified atom stereocenters. The zero-order valence-electron chi connectivity index (χ0n) is 9.36. The van der Waals surface area contributed by atoms with Crippen LogP contribution in [0.5, 0.6) is 5.75 Å². The van der Waals surface area contributed by atoms with E-state index in [1.807, 2.05) is 43.4 Å². The molecule has 1 rings (SSSR count). The summed E-state index contributed by atoms with van der Waals surface area (Å²) in [5, 5.41) is 21.7. The van der Waals surface area contributed by atoms with E-state index in [0.717, 1.165) is 3.57 Å². The van der Waals surface area contributed by atoms with Gasteiger partial charge in [0.1, 0.15) is 0 Å². The van der Waals surface area contributed by atoms with Crippen molar-refractivity contribution < 1.29 is 14.9 Å². The van der Waals surface area contributed by atoms with E-state index in [9.17, 15) is 10.2 Å². The molecule has 0 saturated carbocycles. The topological polar surface area (TPSA) is 74.6 Å². The second kappa shape index (κ2) is 5.15. The van der Waals surface area contributed by atoms with Gasteiger partial charge in [0, 0.05) is 9.77 Å². The highest BCUT2D eigenvalue weighted by Gasteiger charge is 2.17. The first-order chi connectivity index (χ1) is 7.28. The SMILES string of the molecule is CC(C)(C)OC(O)Nc1ncc(I)cc1O. The Morgan fingerprint density at radius 1 is 1.50 bits per heavy atom. The van der Waals surface area contributed by atoms with Gasteiger partial charge < -0.3 is 20.3 Å². The van der Waals surface area contributed by atoms with Crippen LogP contribution < -0.4 is 5.32 Å². The number of pyridine rings is 1. The summed E-state index contributed by atoms with van der Waals surface area (Å²) < 4.78 is 6.03. The monoisotopic (exact) mass is 338 g/mol. The standard InChI is InChI=1S/C10H15IN2O3/c1-10(2,3)16-9(15)13-8-7(14)4-6(11)5-12-8/h4-5,9,14-15H,1-3H3,(H,12,13). The van der Waals surface area contributed by atoms with E-state index in [2.05, 4.69) is 10.3 Å². The van der Waals surface area contributed by atoms with Crippen molar-refractivity contribution in [3.63, 3.8) is 0 Å². The Bertz CT molecular complexity index is 366. The van der Waals surface area contributed by atoms with Gasteiger partial charge in [-0.15, -0.1) is 0 Å². The maximum Gasteiger partial charge on any atom is 0.237 e. The molecule has 90 valence electrons. The Balaban J connectivity index is 2.66. The summed E-state index contributed by atoms with van der Waals surface area (Å²) in [5.41, 5.74) is -0.481. The molecule has 0 fully saturated rings. The molecular formula is C10H15IN2O3. The molecule has 0 spiro atoms. The largest absolute Gasteiger partial charge is 0.504 e. The van der Waals surface area contributed by atoms with Crippen molar-refractivity contribution in [2.45, 2.75) is 32.8 Å². The molecule has 0 bridgehead atoms. The summed E-state index contributed by atoms with van der Waals surface area (Å²) in [6.45, 7) is 5.46. The highest BCUT2D eigenvalue weighted by molar-refractivity contribution is 14.1. The van der Waals surface area contributed by atoms with E-state index in [1.165, 1.54) is 0 Å². The molecule has 6 heteroatoms. The van der Waals surface area contributed by atoms with Gasteiger partial charge >= 0.3 is 0 Å². The van der Waals surface area contributed by atoms with E-state index < -0.39 is 12.0 Å². The zero-order chi connectivity index (χ0) is 12.3. The molecule has 0 saturated heterocycles. The first-order valence-electron chi connectivity index (χ1n) is 4.75. The van der Waals surface area contributed by atoms with Crippen molar-refractivity contribution in [3.05, 3.63) is 15.8 Å². The lowest BCUT2D eigenvalue weighted by atomic mass is 10.2. The van der Waals surface area contributed by atoms with Crippen LogP contribution in [0.1, 0.15) is 20.8 Å². The molecule has 1 aromatic rings. The Labute approximate surface area is 108 Å². The predicted molar refractivity (Wildman–Crippen MR) is 69.1 cm³/mol. The average Bonchev–Trinajstić information content (AvgIpc) is 2.06. The van der Waals surface area contributed by atoms with Gasteiger partial charge in [-0.05, 0) is 49.4 Å². The van der Waals surface area contributed by atoms with Crippen LogP contribution in [0.15, 0.2) is 12.3 Å². The number of anilines is 1. The molecule has 1 aromatic heterocycles. The van der Waals surface area contributed by atoms with E-state index in [0.29, 0.717) is 0 Å². The number of aromatic nitrogens is 1. The Morgan fingerprint density at radius 2 is 2.12 bits per heavy atom. The quantitative estimate of drug-likeness (QED) is 0.580. The van der Waals surface area contributed by atoms with Crippen LogP contribution in [-0.2, 0) is 4.74 Å². The summed E-state index contributed by atoms with van der Waals surface area (Å²) in [6.07, 6.45) is 0.366. The lowest BCUT2D eigenvalue weighted by molar-refractivity contribution is -0.149. The molecule has 0 radical (unpaired) electrons. The number of hydrogen-bond donors (Lipinski definition) is 3. The fraction of sp³-hybridized carbons (Fsp3) is 0.500. The van der Waals surface area contributed by atoms with Crippen LogP contribution in [0, 0.1) is 3.57 Å². The lowest BCUT2D eigenvalue weighted by Gasteiger charge is -2.24. The van der Waals surface area contributed by atoms with Gasteiger partial charge in [0.15, 0.2) is 11.6 Å². The molecule has 1 atom stereocenters. The lowest BCUT2D eigenvalue weighted by Crippen LogP contribution is -2.32. The number of nitrogens with one attached hydrogen (secondary N) is 1. The summed E-state index contributed by atoms with van der Waals surface area (Å²) in [6, 6.07) is 1.54. The molecule has 3 N–H and O–H groups in total. The molecule has 0 aromatic carbocycles. The molecule has 5 nitrogen and oxygen atoms in total. The number of hydrogen-bond acceptors (Lipinski definition) is 5. The minimum atomic E-state index is -1.21. The second-order valence-corrected chi connectivity index (χ2v) is 5.49. The van der Waals surface area contributed by atoms with Crippen molar-refractivity contribution >= 4 is 28.4 Å². The third-order valence-electron chi connectivity index (χ3n) is 1.56. The first kappa shape index (κ1) is 13.5. The normalized spacial score (nSPS) is 13.6. The van der Waals surface area contributed by atoms with E-state index in [4.69, 9.17) is 4.74 Å². The number of halogens is 1. The molecule has 0 aliphatic rings. The average molecular weight is 338 g/mol. The predicted octanol–water partition coefficient (Wildman–Crippen LogP) is 1.89. The third kappa shape index (κ3) is 4.50. The van der Waals surface area contributed by atoms with Gasteiger partial charge in [0.2, 0.25) is 6.41 Å². The van der Waals surface area contributed by atoms with Crippen LogP contribution in [0.2, 0.25) is 0 Å². The van der Waals surface area contributed by atoms with E-state index >= 15 is 0 Å². The summed E-state index contributed by atoms with van der Waals surface area (Å²) >= 11 is 2.03. The van der Waals surface area contributed by atoms with E-state index in [-0.39, 0.29) is 11.6 Å². The number of aromatic hydroxyl groups is 1. The van der Waals surface area contributed by atoms with Gasteiger partial charge in [-0.1, -0.05) is 0 Å². The van der Waals surface area contributed by atoms with Gasteiger partial charge in [0.25, 0.3) is 0 Å². The molecular weight excluding hydrogens is 323 g/mol. The molecule has 0 aliphatic carbocycles. The van der Waals surface area contributed by atoms with Crippen LogP contribution in [0.4, 0.5) is 5.82 Å². The zero-order valence-corrected chi connectivity index (χ0v) is 11.5. The van der Waals surface area contributed by atoms with Crippen molar-refractivity contribution in [2.75, 3.05) is 5.32 Å². The van der Waals surface area contributed by atoms with Gasteiger partial charge in [-0.3, -0.25) is 0 Å². The fourth-order valence-corrected chi connectivity index (χ4v) is 1.46. The number of ether oxygens (including phenoxy) is 1. The third-order valence-corrected chi connectivity index (χ3v) is 2.15. The summed E-state index contributed by atoms with van der Waals surface area (Å²) in [7, 11) is 0. The maximum atomic E-state index is 9.55. The molecule has 0 aliphatic heterocycles. The van der Waals surface area contributed by atoms with Crippen LogP contribution >= 0.6 is 22.6 Å². The number of nitrogens with zero attached hydrogens (tertiary/aromatic N) is 1. The number of rotatable bonds is 3. The minimum Gasteiger partial charge on any atom is -0.504 e. The van der Waals surface area contributed by atoms with Crippen molar-refractivity contribution in [2.24, 2.45) is 0 Å². The fourth-order valence-electron chi connectivity index (χ4n) is 1.02. The summed E-state index contributed by atoms with van der Waals surface area (Å²) in [4.78, 5) is 3.94. The Morgan fingerprint density at radius 3 is 2.62 bits per heavy atom. The van der Waals surface area contributed by atoms with Crippen molar-refractivity contribution in [1.82, 2.24) is 4.98 Å². The van der Waals surface area contributed by atoms with E-state index in [1.54, 1.807) is 12.3 Å². The number of aliphatic hydroxyl groups excluding tert-OH is 1. The summed E-state index contributed by atoms with van der Waals surface area (Å²) in [5.74, 6) is 0.167. The Kier molecular flexibility index (Phi) is 4.34. The Hall–Kier alpha value is -0.600.